The molecule has 1 saturated heterocycles. The van der Waals surface area contributed by atoms with Crippen molar-refractivity contribution >= 4 is 15.8 Å². The Morgan fingerprint density at radius 1 is 1.18 bits per heavy atom. The molecule has 2 fully saturated rings. The van der Waals surface area contributed by atoms with E-state index in [1.807, 2.05) is 4.90 Å². The number of hydrogen-bond acceptors (Lipinski definition) is 4. The molecule has 0 aromatic rings. The normalized spacial score (nSPS) is 28.9. The molecular formula is C11H19NO4S. The minimum atomic E-state index is -2.94. The van der Waals surface area contributed by atoms with E-state index in [1.165, 1.54) is 0 Å². The van der Waals surface area contributed by atoms with Gasteiger partial charge in [0.2, 0.25) is 0 Å². The first-order chi connectivity index (χ1) is 7.98. The summed E-state index contributed by atoms with van der Waals surface area (Å²) in [5.74, 6) is -0.515. The summed E-state index contributed by atoms with van der Waals surface area (Å²) in [4.78, 5) is 12.8. The van der Waals surface area contributed by atoms with Gasteiger partial charge in [-0.15, -0.1) is 0 Å². The van der Waals surface area contributed by atoms with Crippen molar-refractivity contribution in [3.63, 3.8) is 0 Å². The Balaban J connectivity index is 2.07. The van der Waals surface area contributed by atoms with Crippen molar-refractivity contribution in [1.29, 1.82) is 0 Å². The van der Waals surface area contributed by atoms with E-state index in [0.717, 1.165) is 25.7 Å². The number of carbonyl (C=O) groups is 1. The first-order valence-electron chi connectivity index (χ1n) is 6.16. The van der Waals surface area contributed by atoms with E-state index in [2.05, 4.69) is 0 Å². The minimum Gasteiger partial charge on any atom is -0.480 e. The van der Waals surface area contributed by atoms with Gasteiger partial charge in [-0.25, -0.2) is 8.42 Å². The molecule has 2 aliphatic rings. The average Bonchev–Trinajstić information content (AvgIpc) is 2.83. The quantitative estimate of drug-likeness (QED) is 0.797. The Morgan fingerprint density at radius 3 is 2.29 bits per heavy atom. The second kappa shape index (κ2) is 4.94. The summed E-state index contributed by atoms with van der Waals surface area (Å²) in [6.45, 7) is -0.0230. The smallest absolute Gasteiger partial charge is 0.317 e. The Bertz CT molecular complexity index is 386. The molecule has 5 nitrogen and oxygen atoms in total. The Kier molecular flexibility index (Phi) is 3.73. The molecule has 0 aromatic heterocycles. The van der Waals surface area contributed by atoms with E-state index in [0.29, 0.717) is 6.42 Å². The molecule has 17 heavy (non-hydrogen) atoms. The van der Waals surface area contributed by atoms with Gasteiger partial charge in [0.25, 0.3) is 0 Å². The van der Waals surface area contributed by atoms with E-state index in [1.54, 1.807) is 0 Å². The van der Waals surface area contributed by atoms with Crippen molar-refractivity contribution in [1.82, 2.24) is 4.90 Å². The standard InChI is InChI=1S/C11H19NO4S/c13-11(14)7-12(9-3-1-2-4-9)10-5-6-17(15,16)8-10/h9-10H,1-8H2,(H,13,14). The van der Waals surface area contributed by atoms with Crippen LogP contribution in [0.4, 0.5) is 0 Å². The van der Waals surface area contributed by atoms with Crippen LogP contribution < -0.4 is 0 Å². The molecule has 6 heteroatoms. The lowest BCUT2D eigenvalue weighted by Crippen LogP contribution is -2.45. The molecule has 1 heterocycles. The highest BCUT2D eigenvalue weighted by Crippen LogP contribution is 2.28. The lowest BCUT2D eigenvalue weighted by atomic mass is 10.1. The van der Waals surface area contributed by atoms with E-state index in [9.17, 15) is 13.2 Å². The van der Waals surface area contributed by atoms with Crippen LogP contribution in [0.25, 0.3) is 0 Å². The highest BCUT2D eigenvalue weighted by atomic mass is 32.2. The summed E-state index contributed by atoms with van der Waals surface area (Å²) in [6, 6.07) is 0.184. The Labute approximate surface area is 102 Å². The third-order valence-corrected chi connectivity index (χ3v) is 5.54. The fourth-order valence-electron chi connectivity index (χ4n) is 2.99. The highest BCUT2D eigenvalue weighted by Gasteiger charge is 2.37. The lowest BCUT2D eigenvalue weighted by Gasteiger charge is -2.32. The maximum Gasteiger partial charge on any atom is 0.317 e. The molecule has 0 aromatic carbocycles. The van der Waals surface area contributed by atoms with Gasteiger partial charge < -0.3 is 5.11 Å². The molecule has 98 valence electrons. The molecule has 0 amide bonds. The number of rotatable bonds is 4. The van der Waals surface area contributed by atoms with Crippen molar-refractivity contribution in [2.45, 2.75) is 44.2 Å². The van der Waals surface area contributed by atoms with Crippen LogP contribution in [-0.4, -0.2) is 54.5 Å². The predicted molar refractivity (Wildman–Crippen MR) is 63.7 cm³/mol. The average molecular weight is 261 g/mol. The molecule has 1 atom stereocenters. The summed E-state index contributed by atoms with van der Waals surface area (Å²) in [5, 5.41) is 8.94. The van der Waals surface area contributed by atoms with Gasteiger partial charge >= 0.3 is 5.97 Å². The molecule has 0 spiro atoms. The first-order valence-corrected chi connectivity index (χ1v) is 7.98. The van der Waals surface area contributed by atoms with E-state index in [4.69, 9.17) is 5.11 Å². The van der Waals surface area contributed by atoms with Gasteiger partial charge in [-0.1, -0.05) is 12.8 Å². The third kappa shape index (κ3) is 3.19. The van der Waals surface area contributed by atoms with Crippen LogP contribution in [0.2, 0.25) is 0 Å². The Hall–Kier alpha value is -0.620. The summed E-state index contributed by atoms with van der Waals surface area (Å²) in [6.07, 6.45) is 4.85. The second-order valence-corrected chi connectivity index (χ2v) is 7.29. The Morgan fingerprint density at radius 2 is 1.82 bits per heavy atom. The van der Waals surface area contributed by atoms with Gasteiger partial charge in [-0.05, 0) is 19.3 Å². The molecule has 1 unspecified atom stereocenters. The number of hydrogen-bond donors (Lipinski definition) is 1. The molecule has 0 bridgehead atoms. The van der Waals surface area contributed by atoms with Gasteiger partial charge in [0.15, 0.2) is 9.84 Å². The largest absolute Gasteiger partial charge is 0.480 e. The molecule has 1 aliphatic heterocycles. The van der Waals surface area contributed by atoms with Crippen molar-refractivity contribution in [3.8, 4) is 0 Å². The molecule has 1 N–H and O–H groups in total. The minimum absolute atomic E-state index is 0.0230. The van der Waals surface area contributed by atoms with Crippen LogP contribution in [-0.2, 0) is 14.6 Å². The van der Waals surface area contributed by atoms with Crippen molar-refractivity contribution < 1.29 is 18.3 Å². The summed E-state index contributed by atoms with van der Waals surface area (Å²) in [5.41, 5.74) is 0. The number of sulfone groups is 1. The topological polar surface area (TPSA) is 74.7 Å². The van der Waals surface area contributed by atoms with Crippen molar-refractivity contribution in [3.05, 3.63) is 0 Å². The van der Waals surface area contributed by atoms with E-state index in [-0.39, 0.29) is 30.1 Å². The van der Waals surface area contributed by atoms with Gasteiger partial charge in [0.1, 0.15) is 0 Å². The van der Waals surface area contributed by atoms with E-state index < -0.39 is 15.8 Å². The zero-order valence-corrected chi connectivity index (χ0v) is 10.7. The van der Waals surface area contributed by atoms with Crippen LogP contribution in [0, 0.1) is 0 Å². The van der Waals surface area contributed by atoms with Crippen LogP contribution in [0.1, 0.15) is 32.1 Å². The van der Waals surface area contributed by atoms with Gasteiger partial charge in [-0.2, -0.15) is 0 Å². The lowest BCUT2D eigenvalue weighted by molar-refractivity contribution is -0.139. The van der Waals surface area contributed by atoms with Crippen molar-refractivity contribution in [2.24, 2.45) is 0 Å². The van der Waals surface area contributed by atoms with Crippen LogP contribution >= 0.6 is 0 Å². The first kappa shape index (κ1) is 12.8. The SMILES string of the molecule is O=C(O)CN(C1CCCC1)C1CCS(=O)(=O)C1. The molecular weight excluding hydrogens is 242 g/mol. The zero-order chi connectivity index (χ0) is 12.5. The molecule has 0 radical (unpaired) electrons. The number of carboxylic acid groups (broad SMARTS) is 1. The zero-order valence-electron chi connectivity index (χ0n) is 9.84. The van der Waals surface area contributed by atoms with Gasteiger partial charge in [-0.3, -0.25) is 9.69 Å². The van der Waals surface area contributed by atoms with Gasteiger partial charge in [0.05, 0.1) is 18.1 Å². The summed E-state index contributed by atoms with van der Waals surface area (Å²) in [7, 11) is -2.94. The maximum atomic E-state index is 11.5. The molecule has 1 aliphatic carbocycles. The monoisotopic (exact) mass is 261 g/mol. The van der Waals surface area contributed by atoms with Crippen LogP contribution in [0.5, 0.6) is 0 Å². The van der Waals surface area contributed by atoms with E-state index >= 15 is 0 Å². The van der Waals surface area contributed by atoms with Crippen LogP contribution in [0.15, 0.2) is 0 Å². The second-order valence-electron chi connectivity index (χ2n) is 5.06. The molecule has 2 rings (SSSR count). The fraction of sp³-hybridized carbons (Fsp3) is 0.909. The van der Waals surface area contributed by atoms with Crippen molar-refractivity contribution in [2.75, 3.05) is 18.1 Å². The summed E-state index contributed by atoms with van der Waals surface area (Å²) < 4.78 is 22.9. The molecule has 1 saturated carbocycles. The third-order valence-electron chi connectivity index (χ3n) is 3.79. The summed E-state index contributed by atoms with van der Waals surface area (Å²) >= 11 is 0. The number of aliphatic carboxylic acids is 1. The van der Waals surface area contributed by atoms with Gasteiger partial charge in [0, 0.05) is 12.1 Å². The number of carboxylic acids is 1. The fourth-order valence-corrected chi connectivity index (χ4v) is 4.73. The predicted octanol–water partition coefficient (Wildman–Crippen LogP) is 0.503. The number of nitrogens with zero attached hydrogens (tertiary/aromatic N) is 1. The highest BCUT2D eigenvalue weighted by molar-refractivity contribution is 7.91. The maximum absolute atomic E-state index is 11.5. The van der Waals surface area contributed by atoms with Crippen LogP contribution in [0.3, 0.4) is 0 Å².